The fourth-order valence-electron chi connectivity index (χ4n) is 14.6. The normalized spacial score (nSPS) is 11.7. The van der Waals surface area contributed by atoms with E-state index in [1.807, 2.05) is 256 Å². The summed E-state index contributed by atoms with van der Waals surface area (Å²) in [5, 5.41) is 14.9. The van der Waals surface area contributed by atoms with Crippen LogP contribution in [0.5, 0.6) is 74.7 Å². The maximum absolute atomic E-state index is 15.3. The van der Waals surface area contributed by atoms with Gasteiger partial charge in [-0.25, -0.2) is 0 Å². The van der Waals surface area contributed by atoms with Crippen molar-refractivity contribution in [2.45, 2.75) is 109 Å². The molecule has 0 aliphatic heterocycles. The zero-order valence-electron chi connectivity index (χ0n) is 65.8. The topological polar surface area (TPSA) is 128 Å². The fraction of sp³-hybridized carbons (Fsp3) is 0.160. The van der Waals surface area contributed by atoms with Crippen molar-refractivity contribution in [3.63, 3.8) is 0 Å². The lowest BCUT2D eigenvalue weighted by molar-refractivity contribution is 0.223. The van der Waals surface area contributed by atoms with Crippen LogP contribution in [-0.2, 0) is 29.0 Å². The van der Waals surface area contributed by atoms with E-state index in [0.29, 0.717) is 62.3 Å². The van der Waals surface area contributed by atoms with Gasteiger partial charge in [0.15, 0.2) is 14.3 Å². The first kappa shape index (κ1) is 77.5. The van der Waals surface area contributed by atoms with Gasteiger partial charge in [0.05, 0.1) is 10.6 Å². The van der Waals surface area contributed by atoms with Crippen LogP contribution in [0.25, 0.3) is 11.1 Å². The Morgan fingerprint density at radius 2 is 0.655 bits per heavy atom. The van der Waals surface area contributed by atoms with Crippen molar-refractivity contribution >= 4 is 46.1 Å². The number of benzene rings is 14. The van der Waals surface area contributed by atoms with Gasteiger partial charge in [0, 0.05) is 21.2 Å². The predicted molar refractivity (Wildman–Crippen MR) is 458 cm³/mol. The summed E-state index contributed by atoms with van der Waals surface area (Å²) in [6, 6.07) is 92.8. The predicted octanol–water partition coefficient (Wildman–Crippen LogP) is 23.8. The molecule has 0 heterocycles. The van der Waals surface area contributed by atoms with E-state index in [-0.39, 0.29) is 25.1 Å². The molecule has 1 atom stereocenters. The molecule has 0 amide bonds. The van der Waals surface area contributed by atoms with Crippen LogP contribution >= 0.6 is 14.3 Å². The Kier molecular flexibility index (Phi) is 23.1. The quantitative estimate of drug-likeness (QED) is 0.0494. The van der Waals surface area contributed by atoms with Crippen molar-refractivity contribution < 1.29 is 52.1 Å². The van der Waals surface area contributed by atoms with Gasteiger partial charge in [-0.15, -0.1) is 0 Å². The van der Waals surface area contributed by atoms with E-state index in [2.05, 4.69) is 100 Å². The summed E-state index contributed by atoms with van der Waals surface area (Å²) in [5.74, 6) is 8.58. The number of ether oxygens (including phenoxy) is 8. The summed E-state index contributed by atoms with van der Waals surface area (Å²) in [5.41, 5.74) is 17.6. The van der Waals surface area contributed by atoms with Gasteiger partial charge in [-0.3, -0.25) is 0 Å². The molecule has 14 rings (SSSR count). The third kappa shape index (κ3) is 17.0. The number of rotatable bonds is 27. The van der Waals surface area contributed by atoms with Gasteiger partial charge in [-0.2, -0.15) is 0 Å². The third-order valence-electron chi connectivity index (χ3n) is 20.9. The zero-order valence-corrected chi connectivity index (χ0v) is 67.6. The largest absolute Gasteiger partial charge is 0.507 e. The van der Waals surface area contributed by atoms with E-state index >= 15 is 9.13 Å². The molecule has 0 fully saturated rings. The van der Waals surface area contributed by atoms with Gasteiger partial charge in [0.2, 0.25) is 0 Å². The molecule has 14 aromatic carbocycles. The molecule has 0 aliphatic carbocycles. The molecule has 0 saturated heterocycles. The van der Waals surface area contributed by atoms with Gasteiger partial charge in [-0.1, -0.05) is 181 Å². The number of hydrogen-bond donors (Lipinski definition) is 1. The van der Waals surface area contributed by atoms with Crippen LogP contribution < -0.4 is 69.7 Å². The average Bonchev–Trinajstić information content (AvgIpc) is 0.763. The highest BCUT2D eigenvalue weighted by Gasteiger charge is 2.35. The minimum Gasteiger partial charge on any atom is -0.507 e. The Morgan fingerprint density at radius 3 is 1.07 bits per heavy atom. The number of aryl methyl sites for hydroxylation is 7. The smallest absolute Gasteiger partial charge is 0.174 e. The Balaban J connectivity index is 0.558. The molecule has 568 valence electrons. The van der Waals surface area contributed by atoms with E-state index in [0.717, 1.165) is 140 Å². The minimum absolute atomic E-state index is 0.0531. The summed E-state index contributed by atoms with van der Waals surface area (Å²) in [6.07, 6.45) is -0.247. The highest BCUT2D eigenvalue weighted by atomic mass is 31.2. The lowest BCUT2D eigenvalue weighted by atomic mass is 9.88. The minimum atomic E-state index is -3.42. The van der Waals surface area contributed by atoms with Crippen molar-refractivity contribution in [2.24, 2.45) is 0 Å². The van der Waals surface area contributed by atoms with Crippen LogP contribution in [0.3, 0.4) is 0 Å². The van der Waals surface area contributed by atoms with Gasteiger partial charge in [0.25, 0.3) is 0 Å². The summed E-state index contributed by atoms with van der Waals surface area (Å²) < 4.78 is 82.5. The highest BCUT2D eigenvalue weighted by molar-refractivity contribution is 7.86. The van der Waals surface area contributed by atoms with Crippen molar-refractivity contribution in [2.75, 3.05) is 0 Å². The number of phenols is 1. The lowest BCUT2D eigenvalue weighted by Gasteiger charge is -2.23. The van der Waals surface area contributed by atoms with E-state index in [9.17, 15) is 5.11 Å². The average molecular weight is 1530 g/mol. The van der Waals surface area contributed by atoms with E-state index in [1.165, 1.54) is 0 Å². The third-order valence-corrected chi connectivity index (χ3v) is 27.1. The molecule has 13 heteroatoms. The number of hydrogen-bond acceptors (Lipinski definition) is 11. The molecule has 0 aliphatic rings. The van der Waals surface area contributed by atoms with Gasteiger partial charge < -0.3 is 52.1 Å². The molecule has 0 aromatic heterocycles. The van der Waals surface area contributed by atoms with Crippen LogP contribution in [0.2, 0.25) is 0 Å². The molecule has 0 bridgehead atoms. The van der Waals surface area contributed by atoms with E-state index in [1.54, 1.807) is 18.2 Å². The number of phenolic OH excluding ortho intramolecular Hbond substituents is 1. The van der Waals surface area contributed by atoms with Crippen molar-refractivity contribution in [3.8, 4) is 85.9 Å². The monoisotopic (exact) mass is 1530 g/mol. The molecule has 11 nitrogen and oxygen atoms in total. The highest BCUT2D eigenvalue weighted by Crippen LogP contribution is 2.49. The first-order chi connectivity index (χ1) is 54.6. The van der Waals surface area contributed by atoms with Gasteiger partial charge in [0.1, 0.15) is 101 Å². The Bertz CT molecular complexity index is 5720. The molecule has 1 unspecified atom stereocenters. The van der Waals surface area contributed by atoms with Crippen molar-refractivity contribution in [1.82, 2.24) is 0 Å². The Morgan fingerprint density at radius 1 is 0.301 bits per heavy atom. The summed E-state index contributed by atoms with van der Waals surface area (Å²) in [4.78, 5) is 0. The molecule has 14 aromatic rings. The van der Waals surface area contributed by atoms with Gasteiger partial charge >= 0.3 is 0 Å². The molecular weight excluding hydrogens is 1440 g/mol. The second-order valence-corrected chi connectivity index (χ2v) is 34.6. The Labute approximate surface area is 663 Å². The molecule has 113 heavy (non-hydrogen) atoms. The fourth-order valence-corrected chi connectivity index (χ4v) is 20.2. The van der Waals surface area contributed by atoms with E-state index < -0.39 is 14.3 Å². The number of aromatic hydroxyl groups is 1. The molecule has 0 spiro atoms. The first-order valence-corrected chi connectivity index (χ1v) is 41.4. The summed E-state index contributed by atoms with van der Waals surface area (Å²) in [7, 11) is -6.68. The summed E-state index contributed by atoms with van der Waals surface area (Å²) in [6.45, 7) is 26.1. The van der Waals surface area contributed by atoms with Crippen LogP contribution in [0, 0.1) is 76.2 Å². The summed E-state index contributed by atoms with van der Waals surface area (Å²) >= 11 is 0. The van der Waals surface area contributed by atoms with Crippen LogP contribution in [0.1, 0.15) is 96.5 Å². The van der Waals surface area contributed by atoms with Crippen molar-refractivity contribution in [3.05, 3.63) is 375 Å². The van der Waals surface area contributed by atoms with Gasteiger partial charge in [-0.05, 0) is 287 Å². The van der Waals surface area contributed by atoms with Crippen LogP contribution in [0.15, 0.2) is 291 Å². The van der Waals surface area contributed by atoms with Crippen LogP contribution in [-0.4, -0.2) is 5.11 Å². The molecule has 0 saturated carbocycles. The maximum atomic E-state index is 15.3. The van der Waals surface area contributed by atoms with Crippen molar-refractivity contribution in [1.29, 1.82) is 0 Å². The SMILES string of the molecule is Cc1ccc(OCc2ccc(Oc3ccc(C(C)Oc4c(C)cc(Oc5c(C)cc(-c6cc(C)c(Oc7cc(C)c(OCc8ccc(Oc9ccc(COc%10ccc(O)c(P(=O)(c%11ccccc%11)c%11ccccc%11)c%10)cc9)cc8)c(C)c7)c(C)c6C)c(C)c5C)cc4C)cc3)cc2)c(P(=O)(c2ccccc2)c2ccccc2)c1. The van der Waals surface area contributed by atoms with Crippen LogP contribution in [0.4, 0.5) is 0 Å². The second-order valence-electron chi connectivity index (χ2n) is 29.1. The standard InChI is InChI=1S/C100H92O11P2/c1-64-33-52-94(96(53-64)113(103,89-29-21-15-22-30-89)90-31-23-16-24-32-90)105-62-77-36-44-82(45-37-77)109-83-48-40-79(41-49-83)75(12)107-98-67(4)56-86(57-68(98)5)111-100-70(7)59-92(72(9)74(100)11)91-58-69(6)99(73(10)71(91)8)110-85-54-65(2)97(66(3)55-85)106-63-78-38-46-81(47-39-78)108-80-42-34-76(35-43-80)61-104-84-50-51-93(101)95(60-84)112(102,87-25-17-13-18-26-87)88-27-19-14-20-28-88/h13-60,75,101H,61-63H2,1-12H3. The maximum Gasteiger partial charge on any atom is 0.174 e. The lowest BCUT2D eigenvalue weighted by Crippen LogP contribution is -2.26. The molecular formula is C100H92O11P2. The first-order valence-electron chi connectivity index (χ1n) is 38.0. The molecule has 1 N–H and O–H groups in total. The second kappa shape index (κ2) is 33.8. The molecule has 0 radical (unpaired) electrons. The van der Waals surface area contributed by atoms with E-state index in [4.69, 9.17) is 37.9 Å². The zero-order chi connectivity index (χ0) is 79.1. The Hall–Kier alpha value is -12.3.